The lowest BCUT2D eigenvalue weighted by Gasteiger charge is -2.36. The van der Waals surface area contributed by atoms with Crippen LogP contribution >= 0.6 is 0 Å². The molecule has 1 aromatic carbocycles. The second-order valence-corrected chi connectivity index (χ2v) is 4.82. The van der Waals surface area contributed by atoms with Gasteiger partial charge in [-0.1, -0.05) is 30.3 Å². The molecule has 2 amide bonds. The van der Waals surface area contributed by atoms with Gasteiger partial charge in [-0.25, -0.2) is 0 Å². The lowest BCUT2D eigenvalue weighted by Crippen LogP contribution is -2.48. The second kappa shape index (κ2) is 6.22. The van der Waals surface area contributed by atoms with Gasteiger partial charge in [0.15, 0.2) is 6.29 Å². The number of ether oxygens (including phenoxy) is 2. The molecule has 3 rings (SSSR count). The molecule has 8 heteroatoms. The molecule has 8 nitrogen and oxygen atoms in total. The molecule has 0 saturated carbocycles. The normalized spacial score (nSPS) is 24.3. The van der Waals surface area contributed by atoms with Crippen LogP contribution in [-0.2, 0) is 23.9 Å². The molecule has 0 bridgehead atoms. The van der Waals surface area contributed by atoms with Crippen LogP contribution in [0.15, 0.2) is 30.3 Å². The molecule has 2 fully saturated rings. The molecule has 2 aliphatic heterocycles. The summed E-state index contributed by atoms with van der Waals surface area (Å²) in [6.07, 6.45) is -0.852. The van der Waals surface area contributed by atoms with E-state index < -0.39 is 24.5 Å². The van der Waals surface area contributed by atoms with Gasteiger partial charge in [-0.15, -0.1) is 5.06 Å². The van der Waals surface area contributed by atoms with Crippen molar-refractivity contribution in [3.63, 3.8) is 0 Å². The number of hydrogen-bond acceptors (Lipinski definition) is 7. The van der Waals surface area contributed by atoms with Crippen molar-refractivity contribution < 1.29 is 23.9 Å². The molecule has 22 heavy (non-hydrogen) atoms. The molecular formula is C14H15N3O5. The zero-order valence-electron chi connectivity index (χ0n) is 11.7. The fourth-order valence-electron chi connectivity index (χ4n) is 2.07. The summed E-state index contributed by atoms with van der Waals surface area (Å²) in [4.78, 5) is 27.6. The van der Waals surface area contributed by atoms with E-state index in [0.717, 1.165) is 5.56 Å². The molecule has 0 aliphatic carbocycles. The number of amides is 2. The van der Waals surface area contributed by atoms with Gasteiger partial charge in [0.05, 0.1) is 6.54 Å². The fourth-order valence-corrected chi connectivity index (χ4v) is 2.07. The van der Waals surface area contributed by atoms with Crippen molar-refractivity contribution in [1.82, 2.24) is 10.4 Å². The average molecular weight is 305 g/mol. The smallest absolute Gasteiger partial charge is 0.263 e. The molecular weight excluding hydrogens is 290 g/mol. The lowest BCUT2D eigenvalue weighted by molar-refractivity contribution is -0.400. The Balaban J connectivity index is 1.38. The number of benzene rings is 1. The molecule has 0 unspecified atom stereocenters. The third-order valence-electron chi connectivity index (χ3n) is 3.20. The predicted molar refractivity (Wildman–Crippen MR) is 73.0 cm³/mol. The Hall–Kier alpha value is -2.29. The minimum absolute atomic E-state index is 0.0246. The zero-order chi connectivity index (χ0) is 15.5. The van der Waals surface area contributed by atoms with Crippen LogP contribution in [0.5, 0.6) is 0 Å². The van der Waals surface area contributed by atoms with Crippen molar-refractivity contribution in [3.05, 3.63) is 35.9 Å². The Morgan fingerprint density at radius 1 is 1.23 bits per heavy atom. The Bertz CT molecular complexity index is 569. The molecule has 2 saturated heterocycles. The summed E-state index contributed by atoms with van der Waals surface area (Å²) < 4.78 is 10.9. The van der Waals surface area contributed by atoms with Crippen LogP contribution in [0.1, 0.15) is 24.7 Å². The molecule has 116 valence electrons. The van der Waals surface area contributed by atoms with Crippen LogP contribution in [0.3, 0.4) is 0 Å². The molecule has 2 heterocycles. The number of hydroxylamine groups is 2. The minimum Gasteiger partial charge on any atom is -0.353 e. The molecule has 2 N–H and O–H groups in total. The summed E-state index contributed by atoms with van der Waals surface area (Å²) in [6.45, 7) is -0.0246. The summed E-state index contributed by atoms with van der Waals surface area (Å²) >= 11 is 0. The quantitative estimate of drug-likeness (QED) is 0.471. The first-order valence-corrected chi connectivity index (χ1v) is 6.84. The van der Waals surface area contributed by atoms with E-state index >= 15 is 0 Å². The van der Waals surface area contributed by atoms with Crippen LogP contribution in [0.25, 0.3) is 0 Å². The maximum atomic E-state index is 11.3. The number of hydrogen-bond donors (Lipinski definition) is 2. The molecule has 0 spiro atoms. The van der Waals surface area contributed by atoms with E-state index in [1.807, 2.05) is 30.3 Å². The predicted octanol–water partition coefficient (Wildman–Crippen LogP) is 0.663. The number of nitrogens with one attached hydrogen (secondary N) is 2. The SMILES string of the molecule is N=C(CNC1OC(c2ccccc2)O1)ON1C(=O)CCC1=O. The van der Waals surface area contributed by atoms with E-state index in [1.165, 1.54) is 0 Å². The van der Waals surface area contributed by atoms with Gasteiger partial charge in [0.1, 0.15) is 0 Å². The summed E-state index contributed by atoms with van der Waals surface area (Å²) in [7, 11) is 0. The van der Waals surface area contributed by atoms with Crippen LogP contribution in [-0.4, -0.2) is 35.7 Å². The minimum atomic E-state index is -0.654. The summed E-state index contributed by atoms with van der Waals surface area (Å²) in [6, 6.07) is 9.44. The lowest BCUT2D eigenvalue weighted by atomic mass is 10.2. The first kappa shape index (κ1) is 14.6. The molecule has 0 radical (unpaired) electrons. The second-order valence-electron chi connectivity index (χ2n) is 4.82. The number of rotatable bonds is 5. The third kappa shape index (κ3) is 3.14. The van der Waals surface area contributed by atoms with Crippen molar-refractivity contribution in [1.29, 1.82) is 5.41 Å². The van der Waals surface area contributed by atoms with E-state index in [1.54, 1.807) is 0 Å². The summed E-state index contributed by atoms with van der Waals surface area (Å²) in [5.41, 5.74) is 0.903. The van der Waals surface area contributed by atoms with E-state index in [9.17, 15) is 9.59 Å². The number of imide groups is 1. The topological polar surface area (TPSA) is 101 Å². The first-order valence-electron chi connectivity index (χ1n) is 6.84. The zero-order valence-corrected chi connectivity index (χ0v) is 11.7. The average Bonchev–Trinajstić information content (AvgIpc) is 2.78. The monoisotopic (exact) mass is 305 g/mol. The van der Waals surface area contributed by atoms with Gasteiger partial charge in [-0.3, -0.25) is 20.3 Å². The van der Waals surface area contributed by atoms with Gasteiger partial charge in [0.2, 0.25) is 12.3 Å². The van der Waals surface area contributed by atoms with E-state index in [0.29, 0.717) is 5.06 Å². The first-order chi connectivity index (χ1) is 10.6. The van der Waals surface area contributed by atoms with Gasteiger partial charge < -0.3 is 14.3 Å². The van der Waals surface area contributed by atoms with Gasteiger partial charge in [-0.05, 0) is 0 Å². The van der Waals surface area contributed by atoms with E-state index in [4.69, 9.17) is 19.7 Å². The third-order valence-corrected chi connectivity index (χ3v) is 3.20. The Kier molecular flexibility index (Phi) is 4.14. The summed E-state index contributed by atoms with van der Waals surface area (Å²) in [5.74, 6) is -1.14. The van der Waals surface area contributed by atoms with E-state index in [2.05, 4.69) is 5.32 Å². The van der Waals surface area contributed by atoms with Crippen LogP contribution in [0.2, 0.25) is 0 Å². The highest BCUT2D eigenvalue weighted by molar-refractivity contribution is 6.01. The Labute approximate surface area is 126 Å². The van der Waals surface area contributed by atoms with Gasteiger partial charge >= 0.3 is 0 Å². The molecule has 1 aromatic rings. The van der Waals surface area contributed by atoms with Crippen LogP contribution < -0.4 is 5.32 Å². The standard InChI is InChI=1S/C14H15N3O5/c15-10(22-17-11(18)6-7-12(17)19)8-16-14-20-13(21-14)9-4-2-1-3-5-9/h1-5,13-16H,6-8H2. The van der Waals surface area contributed by atoms with Gasteiger partial charge in [-0.2, -0.15) is 0 Å². The maximum Gasteiger partial charge on any atom is 0.263 e. The Morgan fingerprint density at radius 2 is 1.86 bits per heavy atom. The van der Waals surface area contributed by atoms with Crippen molar-refractivity contribution in [2.45, 2.75) is 25.5 Å². The fraction of sp³-hybridized carbons (Fsp3) is 0.357. The highest BCUT2D eigenvalue weighted by Crippen LogP contribution is 2.29. The van der Waals surface area contributed by atoms with Gasteiger partial charge in [0, 0.05) is 18.4 Å². The summed E-state index contributed by atoms with van der Waals surface area (Å²) in [5, 5.41) is 11.0. The van der Waals surface area contributed by atoms with Crippen molar-refractivity contribution >= 4 is 17.7 Å². The van der Waals surface area contributed by atoms with Crippen molar-refractivity contribution in [2.24, 2.45) is 0 Å². The van der Waals surface area contributed by atoms with E-state index in [-0.39, 0.29) is 25.3 Å². The van der Waals surface area contributed by atoms with Crippen molar-refractivity contribution in [2.75, 3.05) is 6.54 Å². The van der Waals surface area contributed by atoms with Crippen molar-refractivity contribution in [3.8, 4) is 0 Å². The number of carbonyl (C=O) groups excluding carboxylic acids is 2. The Morgan fingerprint density at radius 3 is 2.50 bits per heavy atom. The number of carbonyl (C=O) groups is 2. The molecule has 0 atom stereocenters. The highest BCUT2D eigenvalue weighted by Gasteiger charge is 2.34. The highest BCUT2D eigenvalue weighted by atomic mass is 16.9. The van der Waals surface area contributed by atoms with Gasteiger partial charge in [0.25, 0.3) is 11.8 Å². The maximum absolute atomic E-state index is 11.3. The molecule has 2 aliphatic rings. The number of nitrogens with zero attached hydrogens (tertiary/aromatic N) is 1. The van der Waals surface area contributed by atoms with Crippen LogP contribution in [0, 0.1) is 5.41 Å². The van der Waals surface area contributed by atoms with Crippen LogP contribution in [0.4, 0.5) is 0 Å². The largest absolute Gasteiger partial charge is 0.353 e. The molecule has 0 aromatic heterocycles.